The Hall–Kier alpha value is 0.140. The first-order chi connectivity index (χ1) is 22.7. The highest BCUT2D eigenvalue weighted by Crippen LogP contribution is 2.74. The second kappa shape index (κ2) is 10.9. The number of halogens is 2. The van der Waals surface area contributed by atoms with Crippen molar-refractivity contribution in [3.05, 3.63) is 0 Å². The predicted molar refractivity (Wildman–Crippen MR) is 190 cm³/mol. The van der Waals surface area contributed by atoms with Crippen molar-refractivity contribution in [3.63, 3.8) is 0 Å². The van der Waals surface area contributed by atoms with Gasteiger partial charge >= 0.3 is 0 Å². The van der Waals surface area contributed by atoms with Crippen molar-refractivity contribution >= 4 is 43.4 Å². The van der Waals surface area contributed by atoms with E-state index in [1.165, 1.54) is 12.8 Å². The Morgan fingerprint density at radius 3 is 2.06 bits per heavy atom. The van der Waals surface area contributed by atoms with Crippen molar-refractivity contribution in [1.82, 2.24) is 0 Å². The molecule has 0 aromatic carbocycles. The third-order valence-corrected chi connectivity index (χ3v) is 21.5. The van der Waals surface area contributed by atoms with Crippen LogP contribution in [-0.4, -0.2) is 68.1 Å². The van der Waals surface area contributed by atoms with Crippen LogP contribution in [0, 0.1) is 69.0 Å². The summed E-state index contributed by atoms with van der Waals surface area (Å²) >= 11 is 8.25. The first kappa shape index (κ1) is 33.9. The van der Waals surface area contributed by atoms with Gasteiger partial charge in [0.2, 0.25) is 0 Å². The second-order valence-corrected chi connectivity index (χ2v) is 22.3. The smallest absolute Gasteiger partial charge is 0.139 e. The van der Waals surface area contributed by atoms with E-state index in [1.807, 2.05) is 0 Å². The van der Waals surface area contributed by atoms with Gasteiger partial charge < -0.3 is 19.7 Å². The predicted octanol–water partition coefficient (Wildman–Crippen LogP) is 7.42. The number of carbonyl (C=O) groups excluding carboxylic acids is 2. The molecule has 18 atom stereocenters. The fraction of sp³-hybridized carbons (Fsp3) is 0.950. The molecule has 0 radical (unpaired) electrons. The van der Waals surface area contributed by atoms with E-state index >= 15 is 0 Å². The van der Waals surface area contributed by atoms with Crippen molar-refractivity contribution in [2.75, 3.05) is 13.2 Å². The number of rotatable bonds is 0. The lowest BCUT2D eigenvalue weighted by atomic mass is 9.43. The average molecular weight is 795 g/mol. The van der Waals surface area contributed by atoms with Crippen LogP contribution in [0.15, 0.2) is 0 Å². The molecule has 6 nitrogen and oxygen atoms in total. The molecule has 10 aliphatic rings. The second-order valence-electron chi connectivity index (χ2n) is 19.5. The molecule has 2 heterocycles. The van der Waals surface area contributed by atoms with E-state index in [2.05, 4.69) is 59.6 Å². The molecule has 48 heavy (non-hydrogen) atoms. The van der Waals surface area contributed by atoms with E-state index in [0.717, 1.165) is 77.4 Å². The van der Waals surface area contributed by atoms with Gasteiger partial charge in [0.05, 0.1) is 46.3 Å². The van der Waals surface area contributed by atoms with Crippen molar-refractivity contribution in [1.29, 1.82) is 0 Å². The number of ether oxygens (including phenoxy) is 2. The molecule has 8 saturated carbocycles. The van der Waals surface area contributed by atoms with Crippen LogP contribution in [-0.2, 0) is 19.1 Å². The number of hydrogen-bond donors (Lipinski definition) is 2. The third kappa shape index (κ3) is 3.96. The summed E-state index contributed by atoms with van der Waals surface area (Å²) < 4.78 is 12.6. The van der Waals surface area contributed by atoms with Gasteiger partial charge in [-0.1, -0.05) is 59.6 Å². The Balaban J connectivity index is 0.000000131. The SMILES string of the molecule is C[C@@H]1CC(=O)C[C@]2(Br)[C@H]3C[C@@H]4[C@H](CC[C@]5(C)C(=O)CC[C@@H]45)[C@@]12CO3.C[C@@H]1C[C@H](O)C[C@]2(Br)[C@H]3C[C@H]4[C@@H]5CC[C@H](O)[C@@]5(C)CC[C@@H]4[C@@]12CO3. The van der Waals surface area contributed by atoms with Crippen molar-refractivity contribution < 1.29 is 29.3 Å². The van der Waals surface area contributed by atoms with E-state index < -0.39 is 0 Å². The number of fused-ring (bicyclic) bond motifs is 6. The molecule has 268 valence electrons. The Morgan fingerprint density at radius 1 is 0.729 bits per heavy atom. The van der Waals surface area contributed by atoms with Crippen molar-refractivity contribution in [2.24, 2.45) is 69.0 Å². The van der Waals surface area contributed by atoms with Gasteiger partial charge in [-0.15, -0.1) is 0 Å². The van der Waals surface area contributed by atoms with Crippen LogP contribution in [0.3, 0.4) is 0 Å². The molecule has 2 saturated heterocycles. The summed E-state index contributed by atoms with van der Waals surface area (Å²) in [6.07, 6.45) is 13.9. The molecular formula is C40H58Br2O6. The number of hydrogen-bond acceptors (Lipinski definition) is 6. The standard InChI is InChI=1S/C20H31BrO3.C20H27BrO3/c2*1-11-7-12(22)9-20(21)17-8-13-14-3-4-16(23)18(14,2)6-5-15(13)19(11,20)10-24-17/h11-17,22-23H,3-10H2,1-2H3;11,13-15,17H,3-10H2,1-2H3/t11-,12+,13+,14+,15+,16+,17-,18+,19-,20+;11-,13+,14+,15+,17-,18+,19-,20+/m11/s1. The summed E-state index contributed by atoms with van der Waals surface area (Å²) in [7, 11) is 0. The summed E-state index contributed by atoms with van der Waals surface area (Å²) in [5.41, 5.74) is 0.300. The zero-order chi connectivity index (χ0) is 33.8. The number of Topliss-reactive ketones (excluding diaryl/α,β-unsaturated/α-hetero) is 2. The van der Waals surface area contributed by atoms with Crippen LogP contribution in [0.25, 0.3) is 0 Å². The van der Waals surface area contributed by atoms with Gasteiger partial charge in [0.1, 0.15) is 11.6 Å². The van der Waals surface area contributed by atoms with E-state index in [4.69, 9.17) is 9.47 Å². The van der Waals surface area contributed by atoms with Crippen LogP contribution >= 0.6 is 31.9 Å². The van der Waals surface area contributed by atoms with Gasteiger partial charge in [-0.05, 0) is 123 Å². The van der Waals surface area contributed by atoms with Gasteiger partial charge in [-0.25, -0.2) is 0 Å². The molecular weight excluding hydrogens is 736 g/mol. The van der Waals surface area contributed by atoms with Gasteiger partial charge in [-0.3, -0.25) is 9.59 Å². The average Bonchev–Trinajstić information content (AvgIpc) is 3.59. The van der Waals surface area contributed by atoms with Crippen LogP contribution in [0.4, 0.5) is 0 Å². The summed E-state index contributed by atoms with van der Waals surface area (Å²) in [5.74, 6) is 5.52. The van der Waals surface area contributed by atoms with Gasteiger partial charge in [0.15, 0.2) is 0 Å². The molecule has 2 N–H and O–H groups in total. The summed E-state index contributed by atoms with van der Waals surface area (Å²) in [6, 6.07) is 0. The summed E-state index contributed by atoms with van der Waals surface area (Å²) in [6.45, 7) is 10.9. The molecule has 0 spiro atoms. The van der Waals surface area contributed by atoms with Crippen LogP contribution in [0.2, 0.25) is 0 Å². The van der Waals surface area contributed by atoms with Gasteiger partial charge in [0.25, 0.3) is 0 Å². The fourth-order valence-electron chi connectivity index (χ4n) is 16.0. The molecule has 4 bridgehead atoms. The molecule has 10 rings (SSSR count). The number of ketones is 2. The highest BCUT2D eigenvalue weighted by molar-refractivity contribution is 9.10. The molecule has 0 amide bonds. The molecule has 2 aliphatic heterocycles. The minimum Gasteiger partial charge on any atom is -0.393 e. The Kier molecular flexibility index (Phi) is 7.68. The number of alkyl halides is 2. The summed E-state index contributed by atoms with van der Waals surface area (Å²) in [5, 5.41) is 21.1. The Bertz CT molecular complexity index is 1390. The first-order valence-electron chi connectivity index (χ1n) is 19.7. The number of aliphatic hydroxyl groups excluding tert-OH is 2. The lowest BCUT2D eigenvalue weighted by molar-refractivity contribution is -0.143. The maximum Gasteiger partial charge on any atom is 0.139 e. The number of aliphatic hydroxyl groups is 2. The zero-order valence-corrected chi connectivity index (χ0v) is 32.7. The van der Waals surface area contributed by atoms with Crippen LogP contribution < -0.4 is 0 Å². The monoisotopic (exact) mass is 792 g/mol. The summed E-state index contributed by atoms with van der Waals surface area (Å²) in [4.78, 5) is 24.9. The van der Waals surface area contributed by atoms with E-state index in [-0.39, 0.29) is 54.7 Å². The topological polar surface area (TPSA) is 93.1 Å². The molecule has 8 aliphatic carbocycles. The van der Waals surface area contributed by atoms with Crippen LogP contribution in [0.5, 0.6) is 0 Å². The highest BCUT2D eigenvalue weighted by atomic mass is 79.9. The van der Waals surface area contributed by atoms with Crippen LogP contribution in [0.1, 0.15) is 118 Å². The fourth-order valence-corrected chi connectivity index (χ4v) is 19.0. The quantitative estimate of drug-likeness (QED) is 0.248. The van der Waals surface area contributed by atoms with Crippen molar-refractivity contribution in [3.8, 4) is 0 Å². The first-order valence-corrected chi connectivity index (χ1v) is 21.3. The van der Waals surface area contributed by atoms with Crippen molar-refractivity contribution in [2.45, 2.75) is 151 Å². The van der Waals surface area contributed by atoms with E-state index in [1.54, 1.807) is 0 Å². The molecule has 0 aromatic rings. The minimum absolute atomic E-state index is 0.0385. The molecule has 10 fully saturated rings. The Labute approximate surface area is 304 Å². The third-order valence-electron chi connectivity index (χ3n) is 18.3. The zero-order valence-electron chi connectivity index (χ0n) is 29.5. The lowest BCUT2D eigenvalue weighted by Gasteiger charge is -2.64. The minimum atomic E-state index is -0.199. The lowest BCUT2D eigenvalue weighted by Crippen LogP contribution is -2.66. The molecule has 0 aromatic heterocycles. The Morgan fingerprint density at radius 2 is 1.35 bits per heavy atom. The highest BCUT2D eigenvalue weighted by Gasteiger charge is 2.75. The van der Waals surface area contributed by atoms with E-state index in [0.29, 0.717) is 71.8 Å². The molecule has 8 heteroatoms. The van der Waals surface area contributed by atoms with E-state index in [9.17, 15) is 19.8 Å². The maximum absolute atomic E-state index is 12.5. The number of carbonyl (C=O) groups is 2. The molecule has 0 unspecified atom stereocenters. The maximum atomic E-state index is 12.5. The largest absolute Gasteiger partial charge is 0.393 e. The van der Waals surface area contributed by atoms with Gasteiger partial charge in [-0.2, -0.15) is 0 Å². The van der Waals surface area contributed by atoms with Gasteiger partial charge in [0, 0.05) is 35.5 Å². The normalized spacial score (nSPS) is 62.1.